The molecule has 0 aromatic carbocycles. The number of pyridine rings is 1. The van der Waals surface area contributed by atoms with Crippen LogP contribution in [0.3, 0.4) is 0 Å². The summed E-state index contributed by atoms with van der Waals surface area (Å²) < 4.78 is 0. The molecule has 1 aromatic heterocycles. The van der Waals surface area contributed by atoms with E-state index in [0.717, 1.165) is 5.75 Å². The summed E-state index contributed by atoms with van der Waals surface area (Å²) in [5, 5.41) is 17.6. The minimum atomic E-state index is -0.914. The van der Waals surface area contributed by atoms with Gasteiger partial charge in [-0.3, -0.25) is 9.59 Å². The number of hydrogen-bond donors (Lipinski definition) is 1. The molecule has 1 N–H and O–H groups in total. The fourth-order valence-electron chi connectivity index (χ4n) is 2.03. The van der Waals surface area contributed by atoms with Crippen molar-refractivity contribution in [3.05, 3.63) is 29.6 Å². The number of carbonyl (C=O) groups excluding carboxylic acids is 1. The molecule has 2 heterocycles. The predicted molar refractivity (Wildman–Crippen MR) is 73.4 cm³/mol. The van der Waals surface area contributed by atoms with Gasteiger partial charge >= 0.3 is 5.97 Å². The van der Waals surface area contributed by atoms with Crippen LogP contribution in [0.15, 0.2) is 18.3 Å². The molecule has 1 aliphatic rings. The van der Waals surface area contributed by atoms with Crippen LogP contribution in [0.4, 0.5) is 0 Å². The molecule has 2 rings (SSSR count). The number of nitriles is 1. The second-order valence-corrected chi connectivity index (χ2v) is 5.52. The molecule has 1 atom stereocenters. The highest BCUT2D eigenvalue weighted by molar-refractivity contribution is 7.99. The molecule has 6 nitrogen and oxygen atoms in total. The van der Waals surface area contributed by atoms with E-state index in [4.69, 9.17) is 10.4 Å². The average molecular weight is 291 g/mol. The lowest BCUT2D eigenvalue weighted by Crippen LogP contribution is -2.47. The van der Waals surface area contributed by atoms with E-state index >= 15 is 0 Å². The van der Waals surface area contributed by atoms with Crippen LogP contribution < -0.4 is 0 Å². The number of rotatable bonds is 3. The summed E-state index contributed by atoms with van der Waals surface area (Å²) >= 11 is 1.65. The highest BCUT2D eigenvalue weighted by atomic mass is 32.2. The molecular weight excluding hydrogens is 278 g/mol. The van der Waals surface area contributed by atoms with Gasteiger partial charge in [0.2, 0.25) is 0 Å². The SMILES string of the molecule is N#Cc1ccc(C(=O)N2CCSCC2CC(=O)O)nc1. The van der Waals surface area contributed by atoms with Gasteiger partial charge in [-0.25, -0.2) is 4.98 Å². The summed E-state index contributed by atoms with van der Waals surface area (Å²) in [6.45, 7) is 0.517. The van der Waals surface area contributed by atoms with E-state index in [-0.39, 0.29) is 24.1 Å². The van der Waals surface area contributed by atoms with Crippen molar-refractivity contribution in [1.82, 2.24) is 9.88 Å². The van der Waals surface area contributed by atoms with Crippen molar-refractivity contribution in [2.75, 3.05) is 18.1 Å². The molecular formula is C13H13N3O3S. The topological polar surface area (TPSA) is 94.3 Å². The van der Waals surface area contributed by atoms with Gasteiger partial charge in [0.25, 0.3) is 5.91 Å². The molecule has 0 saturated carbocycles. The van der Waals surface area contributed by atoms with Crippen molar-refractivity contribution in [3.63, 3.8) is 0 Å². The molecule has 1 amide bonds. The molecule has 7 heteroatoms. The van der Waals surface area contributed by atoms with Crippen molar-refractivity contribution in [1.29, 1.82) is 5.26 Å². The zero-order valence-corrected chi connectivity index (χ0v) is 11.5. The second-order valence-electron chi connectivity index (χ2n) is 4.37. The fraction of sp³-hybridized carbons (Fsp3) is 0.385. The Kier molecular flexibility index (Phi) is 4.58. The van der Waals surface area contributed by atoms with Crippen LogP contribution in [0.25, 0.3) is 0 Å². The van der Waals surface area contributed by atoms with Crippen LogP contribution in [-0.2, 0) is 4.79 Å². The summed E-state index contributed by atoms with van der Waals surface area (Å²) in [5.74, 6) is 0.219. The molecule has 1 aromatic rings. The van der Waals surface area contributed by atoms with Crippen LogP contribution in [0.5, 0.6) is 0 Å². The van der Waals surface area contributed by atoms with E-state index in [1.807, 2.05) is 6.07 Å². The molecule has 1 unspecified atom stereocenters. The van der Waals surface area contributed by atoms with Gasteiger partial charge < -0.3 is 10.0 Å². The van der Waals surface area contributed by atoms with Gasteiger partial charge in [0.1, 0.15) is 11.8 Å². The van der Waals surface area contributed by atoms with Gasteiger partial charge in [0.05, 0.1) is 18.0 Å². The molecule has 1 aliphatic heterocycles. The molecule has 0 aliphatic carbocycles. The summed E-state index contributed by atoms with van der Waals surface area (Å²) in [6.07, 6.45) is 1.28. The summed E-state index contributed by atoms with van der Waals surface area (Å²) in [6, 6.07) is 4.66. The standard InChI is InChI=1S/C13H13N3O3S/c14-6-9-1-2-11(15-7-9)13(19)16-3-4-20-8-10(16)5-12(17)18/h1-2,7,10H,3-5,8H2,(H,17,18). The minimum absolute atomic E-state index is 0.0605. The smallest absolute Gasteiger partial charge is 0.305 e. The van der Waals surface area contributed by atoms with E-state index in [0.29, 0.717) is 17.9 Å². The van der Waals surface area contributed by atoms with Crippen LogP contribution in [0.1, 0.15) is 22.5 Å². The lowest BCUT2D eigenvalue weighted by atomic mass is 10.1. The molecule has 1 fully saturated rings. The van der Waals surface area contributed by atoms with Crippen LogP contribution in [0, 0.1) is 11.3 Å². The van der Waals surface area contributed by atoms with Crippen LogP contribution in [-0.4, -0.2) is 51.0 Å². The number of nitrogens with zero attached hydrogens (tertiary/aromatic N) is 3. The maximum absolute atomic E-state index is 12.4. The van der Waals surface area contributed by atoms with E-state index in [1.54, 1.807) is 16.7 Å². The average Bonchev–Trinajstić information content (AvgIpc) is 2.46. The third-order valence-electron chi connectivity index (χ3n) is 3.01. The number of carbonyl (C=O) groups is 2. The maximum atomic E-state index is 12.4. The number of hydrogen-bond acceptors (Lipinski definition) is 5. The first kappa shape index (κ1) is 14.3. The summed E-state index contributed by atoms with van der Waals surface area (Å²) in [5.41, 5.74) is 0.629. The van der Waals surface area contributed by atoms with E-state index < -0.39 is 5.97 Å². The minimum Gasteiger partial charge on any atom is -0.481 e. The maximum Gasteiger partial charge on any atom is 0.305 e. The van der Waals surface area contributed by atoms with Gasteiger partial charge in [0, 0.05) is 24.2 Å². The van der Waals surface area contributed by atoms with Gasteiger partial charge in [-0.1, -0.05) is 0 Å². The number of amides is 1. The molecule has 0 bridgehead atoms. The van der Waals surface area contributed by atoms with E-state index in [1.165, 1.54) is 18.3 Å². The quantitative estimate of drug-likeness (QED) is 0.892. The normalized spacial score (nSPS) is 18.4. The molecule has 0 spiro atoms. The highest BCUT2D eigenvalue weighted by Crippen LogP contribution is 2.20. The van der Waals surface area contributed by atoms with Gasteiger partial charge in [-0.05, 0) is 12.1 Å². The second kappa shape index (κ2) is 6.39. The Bertz CT molecular complexity index is 553. The first-order chi connectivity index (χ1) is 9.61. The summed E-state index contributed by atoms with van der Waals surface area (Å²) in [7, 11) is 0. The monoisotopic (exact) mass is 291 g/mol. The summed E-state index contributed by atoms with van der Waals surface area (Å²) in [4.78, 5) is 28.8. The lowest BCUT2D eigenvalue weighted by Gasteiger charge is -2.34. The van der Waals surface area contributed by atoms with Crippen molar-refractivity contribution < 1.29 is 14.7 Å². The Morgan fingerprint density at radius 3 is 2.95 bits per heavy atom. The number of aliphatic carboxylic acids is 1. The zero-order chi connectivity index (χ0) is 14.5. The van der Waals surface area contributed by atoms with E-state index in [2.05, 4.69) is 4.98 Å². The van der Waals surface area contributed by atoms with Crippen LogP contribution in [0.2, 0.25) is 0 Å². The Morgan fingerprint density at radius 2 is 2.35 bits per heavy atom. The third-order valence-corrected chi connectivity index (χ3v) is 4.10. The molecule has 104 valence electrons. The number of carboxylic acid groups (broad SMARTS) is 1. The molecule has 20 heavy (non-hydrogen) atoms. The largest absolute Gasteiger partial charge is 0.481 e. The van der Waals surface area contributed by atoms with Crippen molar-refractivity contribution in [2.45, 2.75) is 12.5 Å². The Balaban J connectivity index is 2.16. The van der Waals surface area contributed by atoms with Gasteiger partial charge in [-0.2, -0.15) is 17.0 Å². The molecule has 0 radical (unpaired) electrons. The van der Waals surface area contributed by atoms with Gasteiger partial charge in [0.15, 0.2) is 0 Å². The number of thioether (sulfide) groups is 1. The van der Waals surface area contributed by atoms with Crippen molar-refractivity contribution in [2.24, 2.45) is 0 Å². The predicted octanol–water partition coefficient (Wildman–Crippen LogP) is 0.986. The first-order valence-electron chi connectivity index (χ1n) is 6.08. The Hall–Kier alpha value is -2.07. The third kappa shape index (κ3) is 3.27. The van der Waals surface area contributed by atoms with Gasteiger partial charge in [-0.15, -0.1) is 0 Å². The number of aromatic nitrogens is 1. The fourth-order valence-corrected chi connectivity index (χ4v) is 3.09. The highest BCUT2D eigenvalue weighted by Gasteiger charge is 2.30. The van der Waals surface area contributed by atoms with Crippen LogP contribution >= 0.6 is 11.8 Å². The van der Waals surface area contributed by atoms with Crippen molar-refractivity contribution in [3.8, 4) is 6.07 Å². The van der Waals surface area contributed by atoms with Crippen molar-refractivity contribution >= 4 is 23.6 Å². The van der Waals surface area contributed by atoms with E-state index in [9.17, 15) is 9.59 Å². The molecule has 1 saturated heterocycles. The Morgan fingerprint density at radius 1 is 1.55 bits per heavy atom. The lowest BCUT2D eigenvalue weighted by molar-refractivity contribution is -0.138. The number of carboxylic acids is 1. The zero-order valence-electron chi connectivity index (χ0n) is 10.7. The Labute approximate surface area is 120 Å². The first-order valence-corrected chi connectivity index (χ1v) is 7.24.